The van der Waals surface area contributed by atoms with Crippen LogP contribution in [-0.2, 0) is 16.4 Å². The van der Waals surface area contributed by atoms with Crippen LogP contribution in [0.25, 0.3) is 11.0 Å². The quantitative estimate of drug-likeness (QED) is 0.430. The highest BCUT2D eigenvalue weighted by molar-refractivity contribution is 7.92. The monoisotopic (exact) mass is 460 g/mol. The van der Waals surface area contributed by atoms with Crippen LogP contribution in [0.1, 0.15) is 11.1 Å². The first-order valence-corrected chi connectivity index (χ1v) is 12.1. The van der Waals surface area contributed by atoms with Gasteiger partial charge in [-0.3, -0.25) is 0 Å². The largest absolute Gasteiger partial charge is 0.497 e. The van der Waals surface area contributed by atoms with E-state index in [1.165, 1.54) is 4.31 Å². The van der Waals surface area contributed by atoms with Crippen LogP contribution in [0.3, 0.4) is 0 Å². The summed E-state index contributed by atoms with van der Waals surface area (Å²) in [6.45, 7) is 2.70. The zero-order valence-electron chi connectivity index (χ0n) is 18.5. The average molecular weight is 461 g/mol. The van der Waals surface area contributed by atoms with Crippen molar-refractivity contribution in [3.63, 3.8) is 0 Å². The van der Waals surface area contributed by atoms with Crippen molar-refractivity contribution in [2.45, 2.75) is 18.2 Å². The minimum Gasteiger partial charge on any atom is -0.497 e. The maximum Gasteiger partial charge on any atom is 0.267 e. The van der Waals surface area contributed by atoms with E-state index in [1.54, 1.807) is 31.4 Å². The fourth-order valence-electron chi connectivity index (χ4n) is 3.91. The van der Waals surface area contributed by atoms with Crippen LogP contribution in [0.4, 0.5) is 11.6 Å². The molecule has 0 amide bonds. The predicted octanol–water partition coefficient (Wildman–Crippen LogP) is 4.16. The third kappa shape index (κ3) is 3.98. The second-order valence-electron chi connectivity index (χ2n) is 8.03. The van der Waals surface area contributed by atoms with Crippen molar-refractivity contribution in [1.82, 2.24) is 9.97 Å². The highest BCUT2D eigenvalue weighted by atomic mass is 32.2. The number of hydrogen-bond donors (Lipinski definition) is 0. The lowest BCUT2D eigenvalue weighted by atomic mass is 10.1. The zero-order valence-corrected chi connectivity index (χ0v) is 19.3. The topological polar surface area (TPSA) is 75.6 Å². The van der Waals surface area contributed by atoms with Gasteiger partial charge in [0.15, 0.2) is 11.6 Å². The van der Waals surface area contributed by atoms with Gasteiger partial charge in [-0.1, -0.05) is 42.0 Å². The summed E-state index contributed by atoms with van der Waals surface area (Å²) in [6.07, 6.45) is 0.733. The van der Waals surface area contributed by atoms with Gasteiger partial charge in [0.25, 0.3) is 10.0 Å². The Labute approximate surface area is 193 Å². The summed E-state index contributed by atoms with van der Waals surface area (Å²) in [5, 5.41) is 0. The molecular formula is C25H24N4O3S. The van der Waals surface area contributed by atoms with Crippen LogP contribution in [0.15, 0.2) is 77.7 Å². The standard InChI is InChI=1S/C25H24N4O3S/c1-18-7-13-21(14-8-18)33(30,31)29-17-28(16-15-19-9-11-20(32-2)12-10-19)24-25(29)27-23-6-4-3-5-22(23)26-24/h3-14H,15-17H2,1-2H3. The third-order valence-corrected chi connectivity index (χ3v) is 7.54. The molecule has 0 radical (unpaired) electrons. The number of nitrogens with zero attached hydrogens (tertiary/aromatic N) is 4. The van der Waals surface area contributed by atoms with Gasteiger partial charge in [0.1, 0.15) is 12.4 Å². The van der Waals surface area contributed by atoms with E-state index in [0.717, 1.165) is 28.8 Å². The van der Waals surface area contributed by atoms with E-state index in [1.807, 2.05) is 60.4 Å². The molecule has 4 aromatic rings. The number of aryl methyl sites for hydroxylation is 1. The molecule has 0 bridgehead atoms. The molecule has 5 rings (SSSR count). The minimum atomic E-state index is -3.79. The Balaban J connectivity index is 1.51. The van der Waals surface area contributed by atoms with E-state index in [2.05, 4.69) is 0 Å². The molecule has 0 unspecified atom stereocenters. The van der Waals surface area contributed by atoms with Crippen LogP contribution < -0.4 is 13.9 Å². The maximum absolute atomic E-state index is 13.6. The second-order valence-corrected chi connectivity index (χ2v) is 9.89. The van der Waals surface area contributed by atoms with Crippen molar-refractivity contribution >= 4 is 32.7 Å². The summed E-state index contributed by atoms with van der Waals surface area (Å²) in [7, 11) is -2.15. The average Bonchev–Trinajstić information content (AvgIpc) is 3.20. The molecule has 0 spiro atoms. The number of ether oxygens (including phenoxy) is 1. The highest BCUT2D eigenvalue weighted by Crippen LogP contribution is 2.37. The molecule has 0 atom stereocenters. The number of benzene rings is 3. The van der Waals surface area contributed by atoms with Crippen molar-refractivity contribution in [3.8, 4) is 5.75 Å². The summed E-state index contributed by atoms with van der Waals surface area (Å²) in [5.74, 6) is 1.75. The lowest BCUT2D eigenvalue weighted by Crippen LogP contribution is -2.36. The smallest absolute Gasteiger partial charge is 0.267 e. The molecule has 3 aromatic carbocycles. The van der Waals surface area contributed by atoms with E-state index >= 15 is 0 Å². The Morgan fingerprint density at radius 2 is 1.52 bits per heavy atom. The van der Waals surface area contributed by atoms with E-state index < -0.39 is 10.0 Å². The molecule has 1 aliphatic heterocycles. The van der Waals surface area contributed by atoms with Crippen LogP contribution in [-0.4, -0.2) is 38.7 Å². The van der Waals surface area contributed by atoms with Crippen molar-refractivity contribution < 1.29 is 13.2 Å². The lowest BCUT2D eigenvalue weighted by molar-refractivity contribution is 0.414. The number of aromatic nitrogens is 2. The SMILES string of the molecule is COc1ccc(CCN2CN(S(=O)(=O)c3ccc(C)cc3)c3nc4ccccc4nc32)cc1. The molecule has 2 heterocycles. The molecule has 0 fully saturated rings. The van der Waals surface area contributed by atoms with Gasteiger partial charge in [-0.05, 0) is 55.3 Å². The van der Waals surface area contributed by atoms with Gasteiger partial charge in [-0.25, -0.2) is 22.7 Å². The van der Waals surface area contributed by atoms with Gasteiger partial charge in [-0.2, -0.15) is 0 Å². The number of anilines is 2. The van der Waals surface area contributed by atoms with Crippen LogP contribution in [0.2, 0.25) is 0 Å². The lowest BCUT2D eigenvalue weighted by Gasteiger charge is -2.20. The first-order valence-electron chi connectivity index (χ1n) is 10.7. The van der Waals surface area contributed by atoms with Gasteiger partial charge in [0.05, 0.1) is 23.0 Å². The molecule has 168 valence electrons. The molecule has 8 heteroatoms. The van der Waals surface area contributed by atoms with Gasteiger partial charge in [0, 0.05) is 6.54 Å². The summed E-state index contributed by atoms with van der Waals surface area (Å²) in [4.78, 5) is 11.7. The first-order chi connectivity index (χ1) is 16.0. The summed E-state index contributed by atoms with van der Waals surface area (Å²) < 4.78 is 33.7. The number of fused-ring (bicyclic) bond motifs is 2. The number of sulfonamides is 1. The molecule has 0 saturated heterocycles. The molecule has 33 heavy (non-hydrogen) atoms. The highest BCUT2D eigenvalue weighted by Gasteiger charge is 2.37. The normalized spacial score (nSPS) is 13.4. The third-order valence-electron chi connectivity index (χ3n) is 5.81. The van der Waals surface area contributed by atoms with Gasteiger partial charge in [0.2, 0.25) is 0 Å². The molecule has 0 N–H and O–H groups in total. The molecule has 7 nitrogen and oxygen atoms in total. The van der Waals surface area contributed by atoms with E-state index in [9.17, 15) is 8.42 Å². The van der Waals surface area contributed by atoms with Crippen molar-refractivity contribution in [2.75, 3.05) is 29.5 Å². The number of methoxy groups -OCH3 is 1. The maximum atomic E-state index is 13.6. The van der Waals surface area contributed by atoms with Gasteiger partial charge >= 0.3 is 0 Å². The van der Waals surface area contributed by atoms with Gasteiger partial charge in [-0.15, -0.1) is 0 Å². The van der Waals surface area contributed by atoms with Crippen molar-refractivity contribution in [3.05, 3.63) is 83.9 Å². The fourth-order valence-corrected chi connectivity index (χ4v) is 5.29. The molecule has 1 aliphatic rings. The van der Waals surface area contributed by atoms with Crippen molar-refractivity contribution in [2.24, 2.45) is 0 Å². The molecule has 0 saturated carbocycles. The fraction of sp³-hybridized carbons (Fsp3) is 0.200. The number of para-hydroxylation sites is 2. The zero-order chi connectivity index (χ0) is 23.0. The summed E-state index contributed by atoms with van der Waals surface area (Å²) >= 11 is 0. The Bertz CT molecular complexity index is 1400. The van der Waals surface area contributed by atoms with Gasteiger partial charge < -0.3 is 9.64 Å². The second kappa shape index (κ2) is 8.37. The summed E-state index contributed by atoms with van der Waals surface area (Å²) in [5.41, 5.74) is 3.53. The van der Waals surface area contributed by atoms with Crippen LogP contribution in [0, 0.1) is 6.92 Å². The Hall–Kier alpha value is -3.65. The first kappa shape index (κ1) is 21.2. The predicted molar refractivity (Wildman–Crippen MR) is 129 cm³/mol. The Morgan fingerprint density at radius 1 is 0.879 bits per heavy atom. The molecule has 0 aliphatic carbocycles. The van der Waals surface area contributed by atoms with E-state index in [4.69, 9.17) is 14.7 Å². The molecule has 1 aromatic heterocycles. The van der Waals surface area contributed by atoms with E-state index in [0.29, 0.717) is 23.7 Å². The van der Waals surface area contributed by atoms with Crippen LogP contribution >= 0.6 is 0 Å². The minimum absolute atomic E-state index is 0.165. The Morgan fingerprint density at radius 3 is 2.15 bits per heavy atom. The molecular weight excluding hydrogens is 436 g/mol. The number of hydrogen-bond acceptors (Lipinski definition) is 6. The summed E-state index contributed by atoms with van der Waals surface area (Å²) in [6, 6.07) is 22.3. The van der Waals surface area contributed by atoms with E-state index in [-0.39, 0.29) is 11.6 Å². The Kier molecular flexibility index (Phi) is 5.38. The van der Waals surface area contributed by atoms with Crippen LogP contribution in [0.5, 0.6) is 5.75 Å². The van der Waals surface area contributed by atoms with Crippen molar-refractivity contribution in [1.29, 1.82) is 0 Å². The number of rotatable bonds is 6.